The van der Waals surface area contributed by atoms with E-state index in [9.17, 15) is 4.79 Å². The lowest BCUT2D eigenvalue weighted by Gasteiger charge is -2.26. The third-order valence-corrected chi connectivity index (χ3v) is 4.64. The van der Waals surface area contributed by atoms with Crippen molar-refractivity contribution in [1.29, 1.82) is 0 Å². The molecule has 0 aromatic heterocycles. The first-order chi connectivity index (χ1) is 8.42. The molecule has 98 valence electrons. The smallest absolute Gasteiger partial charge is 0.140 e. The SMILES string of the molecule is Cc1cccc(C)c1CC(=O)C1CCCC1(C)C. The van der Waals surface area contributed by atoms with Crippen LogP contribution < -0.4 is 0 Å². The Morgan fingerprint density at radius 1 is 1.28 bits per heavy atom. The summed E-state index contributed by atoms with van der Waals surface area (Å²) >= 11 is 0. The van der Waals surface area contributed by atoms with Gasteiger partial charge in [0.2, 0.25) is 0 Å². The fourth-order valence-corrected chi connectivity index (χ4v) is 3.35. The zero-order chi connectivity index (χ0) is 13.3. The molecule has 2 rings (SSSR count). The van der Waals surface area contributed by atoms with Gasteiger partial charge in [-0.2, -0.15) is 0 Å². The first-order valence-corrected chi connectivity index (χ1v) is 6.99. The maximum Gasteiger partial charge on any atom is 0.140 e. The Morgan fingerprint density at radius 2 is 1.89 bits per heavy atom. The van der Waals surface area contributed by atoms with Crippen molar-refractivity contribution in [3.8, 4) is 0 Å². The minimum absolute atomic E-state index is 0.202. The Bertz CT molecular complexity index is 436. The molecule has 0 spiro atoms. The molecule has 0 saturated heterocycles. The van der Waals surface area contributed by atoms with E-state index in [2.05, 4.69) is 45.9 Å². The van der Waals surface area contributed by atoms with E-state index in [0.717, 1.165) is 6.42 Å². The molecule has 0 bridgehead atoms. The van der Waals surface area contributed by atoms with E-state index in [1.54, 1.807) is 0 Å². The number of hydrogen-bond acceptors (Lipinski definition) is 1. The Kier molecular flexibility index (Phi) is 3.61. The predicted molar refractivity (Wildman–Crippen MR) is 75.7 cm³/mol. The van der Waals surface area contributed by atoms with Crippen molar-refractivity contribution in [2.45, 2.75) is 53.4 Å². The molecule has 1 heteroatoms. The molecule has 18 heavy (non-hydrogen) atoms. The summed E-state index contributed by atoms with van der Waals surface area (Å²) in [4.78, 5) is 12.5. The molecule has 0 radical (unpaired) electrons. The van der Waals surface area contributed by atoms with Gasteiger partial charge in [-0.15, -0.1) is 0 Å². The Balaban J connectivity index is 2.17. The van der Waals surface area contributed by atoms with Crippen LogP contribution in [-0.2, 0) is 11.2 Å². The number of carbonyl (C=O) groups is 1. The summed E-state index contributed by atoms with van der Waals surface area (Å²) in [7, 11) is 0. The van der Waals surface area contributed by atoms with E-state index in [4.69, 9.17) is 0 Å². The minimum Gasteiger partial charge on any atom is -0.299 e. The topological polar surface area (TPSA) is 17.1 Å². The van der Waals surface area contributed by atoms with Crippen LogP contribution in [0, 0.1) is 25.2 Å². The van der Waals surface area contributed by atoms with Crippen molar-refractivity contribution in [2.24, 2.45) is 11.3 Å². The quantitative estimate of drug-likeness (QED) is 0.777. The molecule has 1 saturated carbocycles. The number of ketones is 1. The third-order valence-electron chi connectivity index (χ3n) is 4.64. The molecule has 1 aromatic rings. The van der Waals surface area contributed by atoms with E-state index in [0.29, 0.717) is 12.2 Å². The average molecular weight is 244 g/mol. The molecule has 0 N–H and O–H groups in total. The van der Waals surface area contributed by atoms with Crippen molar-refractivity contribution in [3.63, 3.8) is 0 Å². The summed E-state index contributed by atoms with van der Waals surface area (Å²) in [6.07, 6.45) is 4.09. The predicted octanol–water partition coefficient (Wildman–Crippen LogP) is 4.24. The zero-order valence-electron chi connectivity index (χ0n) is 12.0. The van der Waals surface area contributed by atoms with Crippen LogP contribution in [0.15, 0.2) is 18.2 Å². The van der Waals surface area contributed by atoms with Gasteiger partial charge >= 0.3 is 0 Å². The normalized spacial score (nSPS) is 22.1. The van der Waals surface area contributed by atoms with Crippen LogP contribution in [0.3, 0.4) is 0 Å². The second kappa shape index (κ2) is 4.87. The van der Waals surface area contributed by atoms with Gasteiger partial charge in [-0.25, -0.2) is 0 Å². The maximum atomic E-state index is 12.5. The summed E-state index contributed by atoms with van der Waals surface area (Å²) in [5, 5.41) is 0. The molecular formula is C17H24O. The highest BCUT2D eigenvalue weighted by atomic mass is 16.1. The summed E-state index contributed by atoms with van der Waals surface area (Å²) in [5.41, 5.74) is 3.94. The lowest BCUT2D eigenvalue weighted by Crippen LogP contribution is -2.27. The van der Waals surface area contributed by atoms with Gasteiger partial charge in [-0.1, -0.05) is 38.5 Å². The summed E-state index contributed by atoms with van der Waals surface area (Å²) < 4.78 is 0. The van der Waals surface area contributed by atoms with Gasteiger partial charge in [0.1, 0.15) is 5.78 Å². The maximum absolute atomic E-state index is 12.5. The number of Topliss-reactive ketones (excluding diaryl/α,β-unsaturated/α-hetero) is 1. The lowest BCUT2D eigenvalue weighted by molar-refractivity contribution is -0.124. The monoisotopic (exact) mass is 244 g/mol. The van der Waals surface area contributed by atoms with Crippen LogP contribution in [0.2, 0.25) is 0 Å². The van der Waals surface area contributed by atoms with Crippen LogP contribution in [0.5, 0.6) is 0 Å². The van der Waals surface area contributed by atoms with E-state index >= 15 is 0 Å². The zero-order valence-corrected chi connectivity index (χ0v) is 12.0. The first-order valence-electron chi connectivity index (χ1n) is 6.99. The molecule has 0 heterocycles. The largest absolute Gasteiger partial charge is 0.299 e. The molecule has 0 amide bonds. The van der Waals surface area contributed by atoms with Gasteiger partial charge in [0.25, 0.3) is 0 Å². The van der Waals surface area contributed by atoms with Crippen molar-refractivity contribution < 1.29 is 4.79 Å². The average Bonchev–Trinajstić information content (AvgIpc) is 2.63. The van der Waals surface area contributed by atoms with E-state index in [-0.39, 0.29) is 11.3 Å². The van der Waals surface area contributed by atoms with Gasteiger partial charge in [-0.05, 0) is 48.8 Å². The molecule has 1 aromatic carbocycles. The van der Waals surface area contributed by atoms with Gasteiger partial charge in [0.05, 0.1) is 0 Å². The van der Waals surface area contributed by atoms with E-state index in [1.807, 2.05) is 0 Å². The molecule has 1 aliphatic carbocycles. The van der Waals surface area contributed by atoms with Crippen molar-refractivity contribution in [3.05, 3.63) is 34.9 Å². The van der Waals surface area contributed by atoms with Crippen LogP contribution in [0.25, 0.3) is 0 Å². The van der Waals surface area contributed by atoms with E-state index < -0.39 is 0 Å². The number of benzene rings is 1. The number of hydrogen-bond donors (Lipinski definition) is 0. The van der Waals surface area contributed by atoms with Gasteiger partial charge < -0.3 is 0 Å². The molecular weight excluding hydrogens is 220 g/mol. The molecule has 0 aliphatic heterocycles. The number of carbonyl (C=O) groups excluding carboxylic acids is 1. The minimum atomic E-state index is 0.202. The highest BCUT2D eigenvalue weighted by Gasteiger charge is 2.38. The molecule has 1 aliphatic rings. The number of aryl methyl sites for hydroxylation is 2. The third kappa shape index (κ3) is 2.50. The summed E-state index contributed by atoms with van der Waals surface area (Å²) in [6, 6.07) is 6.28. The van der Waals surface area contributed by atoms with E-state index in [1.165, 1.54) is 29.5 Å². The van der Waals surface area contributed by atoms with Gasteiger partial charge in [0, 0.05) is 12.3 Å². The first kappa shape index (κ1) is 13.3. The van der Waals surface area contributed by atoms with Crippen LogP contribution in [-0.4, -0.2) is 5.78 Å². The van der Waals surface area contributed by atoms with Crippen LogP contribution in [0.1, 0.15) is 49.8 Å². The Hall–Kier alpha value is -1.11. The lowest BCUT2D eigenvalue weighted by atomic mass is 9.77. The second-order valence-corrected chi connectivity index (χ2v) is 6.45. The highest BCUT2D eigenvalue weighted by molar-refractivity contribution is 5.84. The summed E-state index contributed by atoms with van der Waals surface area (Å²) in [6.45, 7) is 8.70. The molecule has 1 atom stereocenters. The van der Waals surface area contributed by atoms with Crippen molar-refractivity contribution >= 4 is 5.78 Å². The van der Waals surface area contributed by atoms with Gasteiger partial charge in [-0.3, -0.25) is 4.79 Å². The molecule has 1 nitrogen and oxygen atoms in total. The molecule has 1 fully saturated rings. The Labute approximate surface area is 111 Å². The highest BCUT2D eigenvalue weighted by Crippen LogP contribution is 2.43. The van der Waals surface area contributed by atoms with Crippen molar-refractivity contribution in [2.75, 3.05) is 0 Å². The standard InChI is InChI=1S/C17H24O/c1-12-7-5-8-13(2)14(12)11-16(18)15-9-6-10-17(15,3)4/h5,7-8,15H,6,9-11H2,1-4H3. The molecule has 1 unspecified atom stereocenters. The fraction of sp³-hybridized carbons (Fsp3) is 0.588. The fourth-order valence-electron chi connectivity index (χ4n) is 3.35. The number of rotatable bonds is 3. The van der Waals surface area contributed by atoms with Crippen molar-refractivity contribution in [1.82, 2.24) is 0 Å². The Morgan fingerprint density at radius 3 is 2.39 bits per heavy atom. The van der Waals surface area contributed by atoms with Crippen LogP contribution >= 0.6 is 0 Å². The van der Waals surface area contributed by atoms with Gasteiger partial charge in [0.15, 0.2) is 0 Å². The summed E-state index contributed by atoms with van der Waals surface area (Å²) in [5.74, 6) is 0.700. The van der Waals surface area contributed by atoms with Crippen LogP contribution in [0.4, 0.5) is 0 Å². The second-order valence-electron chi connectivity index (χ2n) is 6.45.